The lowest BCUT2D eigenvalue weighted by molar-refractivity contribution is 0.0954. The molecule has 128 valence electrons. The highest BCUT2D eigenvalue weighted by Crippen LogP contribution is 2.04. The molecule has 3 amide bonds. The van der Waals surface area contributed by atoms with E-state index in [1.807, 2.05) is 6.07 Å². The number of nitrogens with one attached hydrogen (secondary N) is 3. The molecule has 0 radical (unpaired) electrons. The number of ether oxygens (including phenoxy) is 1. The molecule has 1 aromatic heterocycles. The van der Waals surface area contributed by atoms with E-state index >= 15 is 0 Å². The molecule has 0 unspecified atom stereocenters. The van der Waals surface area contributed by atoms with Crippen molar-refractivity contribution in [1.82, 2.24) is 20.4 Å². The number of urea groups is 1. The predicted octanol–water partition coefficient (Wildman–Crippen LogP) is 1.08. The molecule has 2 rings (SSSR count). The maximum absolute atomic E-state index is 11.8. The highest BCUT2D eigenvalue weighted by Gasteiger charge is 2.05. The van der Waals surface area contributed by atoms with E-state index in [9.17, 15) is 9.59 Å². The number of nitrogens with zero attached hydrogens (tertiary/aromatic N) is 2. The second-order valence-electron chi connectivity index (χ2n) is 4.99. The van der Waals surface area contributed by atoms with Crippen LogP contribution in [0.4, 0.5) is 10.5 Å². The first-order chi connectivity index (χ1) is 11.7. The van der Waals surface area contributed by atoms with Gasteiger partial charge in [0.2, 0.25) is 0 Å². The van der Waals surface area contributed by atoms with Crippen LogP contribution in [0.25, 0.3) is 0 Å². The normalized spacial score (nSPS) is 10.2. The van der Waals surface area contributed by atoms with Gasteiger partial charge in [0, 0.05) is 32.0 Å². The third-order valence-corrected chi connectivity index (χ3v) is 3.15. The van der Waals surface area contributed by atoms with Crippen molar-refractivity contribution in [2.75, 3.05) is 32.1 Å². The summed E-state index contributed by atoms with van der Waals surface area (Å²) in [6.07, 6.45) is 3.28. The van der Waals surface area contributed by atoms with E-state index in [0.29, 0.717) is 37.5 Å². The van der Waals surface area contributed by atoms with Gasteiger partial charge in [-0.15, -0.1) is 0 Å². The SMILES string of the molecule is COCCn1cc(NC(=O)NCCNC(=O)c2ccccc2)cn1. The summed E-state index contributed by atoms with van der Waals surface area (Å²) >= 11 is 0. The highest BCUT2D eigenvalue weighted by molar-refractivity contribution is 5.94. The van der Waals surface area contributed by atoms with Crippen molar-refractivity contribution in [2.45, 2.75) is 6.54 Å². The Hall–Kier alpha value is -2.87. The average Bonchev–Trinajstić information content (AvgIpc) is 3.04. The molecule has 0 aliphatic carbocycles. The van der Waals surface area contributed by atoms with Crippen molar-refractivity contribution in [1.29, 1.82) is 0 Å². The summed E-state index contributed by atoms with van der Waals surface area (Å²) in [5, 5.41) is 12.2. The molecule has 3 N–H and O–H groups in total. The van der Waals surface area contributed by atoms with E-state index in [1.165, 1.54) is 0 Å². The van der Waals surface area contributed by atoms with Crippen LogP contribution in [0.15, 0.2) is 42.7 Å². The summed E-state index contributed by atoms with van der Waals surface area (Å²) in [6.45, 7) is 1.83. The first-order valence-corrected chi connectivity index (χ1v) is 7.58. The maximum Gasteiger partial charge on any atom is 0.319 e. The topological polar surface area (TPSA) is 97.3 Å². The monoisotopic (exact) mass is 331 g/mol. The van der Waals surface area contributed by atoms with Crippen LogP contribution >= 0.6 is 0 Å². The van der Waals surface area contributed by atoms with Gasteiger partial charge in [0.15, 0.2) is 0 Å². The van der Waals surface area contributed by atoms with E-state index in [4.69, 9.17) is 4.74 Å². The molecule has 0 spiro atoms. The molecule has 1 heterocycles. The molecule has 1 aromatic carbocycles. The Labute approximate surface area is 140 Å². The Morgan fingerprint density at radius 3 is 2.67 bits per heavy atom. The van der Waals surface area contributed by atoms with Crippen molar-refractivity contribution < 1.29 is 14.3 Å². The molecule has 0 bridgehead atoms. The zero-order valence-corrected chi connectivity index (χ0v) is 13.5. The Morgan fingerprint density at radius 1 is 1.17 bits per heavy atom. The summed E-state index contributed by atoms with van der Waals surface area (Å²) < 4.78 is 6.64. The van der Waals surface area contributed by atoms with Gasteiger partial charge in [-0.2, -0.15) is 5.10 Å². The molecule has 0 aliphatic heterocycles. The van der Waals surface area contributed by atoms with Crippen LogP contribution in [0, 0.1) is 0 Å². The van der Waals surface area contributed by atoms with Gasteiger partial charge >= 0.3 is 6.03 Å². The van der Waals surface area contributed by atoms with Crippen molar-refractivity contribution in [3.8, 4) is 0 Å². The number of carbonyl (C=O) groups excluding carboxylic acids is 2. The number of hydrogen-bond donors (Lipinski definition) is 3. The quantitative estimate of drug-likeness (QED) is 0.631. The molecule has 8 heteroatoms. The molecule has 0 fully saturated rings. The number of methoxy groups -OCH3 is 1. The lowest BCUT2D eigenvalue weighted by Gasteiger charge is -2.07. The van der Waals surface area contributed by atoms with Crippen molar-refractivity contribution in [3.63, 3.8) is 0 Å². The fourth-order valence-electron chi connectivity index (χ4n) is 1.95. The third-order valence-electron chi connectivity index (χ3n) is 3.15. The van der Waals surface area contributed by atoms with Crippen LogP contribution in [-0.2, 0) is 11.3 Å². The fourth-order valence-corrected chi connectivity index (χ4v) is 1.95. The average molecular weight is 331 g/mol. The van der Waals surface area contributed by atoms with Gasteiger partial charge in [0.05, 0.1) is 25.0 Å². The molecule has 0 aliphatic rings. The third kappa shape index (κ3) is 5.73. The second kappa shape index (κ2) is 9.31. The number of rotatable bonds is 8. The largest absolute Gasteiger partial charge is 0.383 e. The van der Waals surface area contributed by atoms with E-state index in [2.05, 4.69) is 21.0 Å². The maximum atomic E-state index is 11.8. The molecule has 0 saturated heterocycles. The fraction of sp³-hybridized carbons (Fsp3) is 0.312. The summed E-state index contributed by atoms with van der Waals surface area (Å²) in [6, 6.07) is 8.56. The lowest BCUT2D eigenvalue weighted by atomic mass is 10.2. The molecule has 24 heavy (non-hydrogen) atoms. The van der Waals surface area contributed by atoms with E-state index in [1.54, 1.807) is 48.5 Å². The van der Waals surface area contributed by atoms with Crippen LogP contribution in [0.2, 0.25) is 0 Å². The molecule has 0 saturated carbocycles. The molecular formula is C16H21N5O3. The van der Waals surface area contributed by atoms with Crippen molar-refractivity contribution >= 4 is 17.6 Å². The number of amides is 3. The van der Waals surface area contributed by atoms with Gasteiger partial charge in [-0.1, -0.05) is 18.2 Å². The first kappa shape index (κ1) is 17.5. The van der Waals surface area contributed by atoms with Crippen molar-refractivity contribution in [3.05, 3.63) is 48.3 Å². The van der Waals surface area contributed by atoms with Gasteiger partial charge in [-0.25, -0.2) is 4.79 Å². The van der Waals surface area contributed by atoms with Gasteiger partial charge in [0.1, 0.15) is 0 Å². The molecule has 2 aromatic rings. The zero-order valence-electron chi connectivity index (χ0n) is 13.5. The van der Waals surface area contributed by atoms with Crippen molar-refractivity contribution in [2.24, 2.45) is 0 Å². The first-order valence-electron chi connectivity index (χ1n) is 7.58. The van der Waals surface area contributed by atoms with Gasteiger partial charge in [-0.05, 0) is 12.1 Å². The smallest absolute Gasteiger partial charge is 0.319 e. The molecule has 0 atom stereocenters. The number of aromatic nitrogens is 2. The van der Waals surface area contributed by atoms with E-state index < -0.39 is 0 Å². The lowest BCUT2D eigenvalue weighted by Crippen LogP contribution is -2.36. The Bertz CT molecular complexity index is 657. The Morgan fingerprint density at radius 2 is 1.92 bits per heavy atom. The minimum Gasteiger partial charge on any atom is -0.383 e. The Balaban J connectivity index is 1.64. The number of carbonyl (C=O) groups is 2. The number of hydrogen-bond acceptors (Lipinski definition) is 4. The second-order valence-corrected chi connectivity index (χ2v) is 4.99. The minimum atomic E-state index is -0.352. The van der Waals surface area contributed by atoms with Crippen LogP contribution in [-0.4, -0.2) is 48.5 Å². The zero-order chi connectivity index (χ0) is 17.2. The van der Waals surface area contributed by atoms with E-state index in [0.717, 1.165) is 0 Å². The predicted molar refractivity (Wildman–Crippen MR) is 89.9 cm³/mol. The van der Waals surface area contributed by atoms with Crippen LogP contribution in [0.3, 0.4) is 0 Å². The van der Waals surface area contributed by atoms with Crippen LogP contribution in [0.1, 0.15) is 10.4 Å². The summed E-state index contributed by atoms with van der Waals surface area (Å²) in [7, 11) is 1.62. The molecule has 8 nitrogen and oxygen atoms in total. The molecular weight excluding hydrogens is 310 g/mol. The summed E-state index contributed by atoms with van der Waals surface area (Å²) in [4.78, 5) is 23.6. The summed E-state index contributed by atoms with van der Waals surface area (Å²) in [5.41, 5.74) is 1.18. The van der Waals surface area contributed by atoms with Crippen LogP contribution in [0.5, 0.6) is 0 Å². The number of benzene rings is 1. The number of anilines is 1. The summed E-state index contributed by atoms with van der Waals surface area (Å²) in [5.74, 6) is -0.169. The van der Waals surface area contributed by atoms with Gasteiger partial charge in [0.25, 0.3) is 5.91 Å². The van der Waals surface area contributed by atoms with Gasteiger partial charge < -0.3 is 20.7 Å². The Kier molecular flexibility index (Phi) is 6.78. The highest BCUT2D eigenvalue weighted by atomic mass is 16.5. The van der Waals surface area contributed by atoms with Gasteiger partial charge in [-0.3, -0.25) is 9.48 Å². The minimum absolute atomic E-state index is 0.169. The van der Waals surface area contributed by atoms with E-state index in [-0.39, 0.29) is 11.9 Å². The standard InChI is InChI=1S/C16H21N5O3/c1-24-10-9-21-12-14(11-19-21)20-16(23)18-8-7-17-15(22)13-5-3-2-4-6-13/h2-6,11-12H,7-10H2,1H3,(H,17,22)(H2,18,20,23). The van der Waals surface area contributed by atoms with Crippen LogP contribution < -0.4 is 16.0 Å².